The van der Waals surface area contributed by atoms with E-state index in [0.717, 1.165) is 0 Å². The van der Waals surface area contributed by atoms with E-state index in [4.69, 9.17) is 11.6 Å². The van der Waals surface area contributed by atoms with E-state index >= 15 is 0 Å². The zero-order valence-corrected chi connectivity index (χ0v) is 13.0. The summed E-state index contributed by atoms with van der Waals surface area (Å²) in [5, 5.41) is 6.01. The summed E-state index contributed by atoms with van der Waals surface area (Å²) in [5.41, 5.74) is -0.566. The SMILES string of the molecule is CC(C)CNC(=O)C(C)(C)C(=O)Nc1cccc(Cl)c1. The molecular weight excluding hydrogens is 276 g/mol. The lowest BCUT2D eigenvalue weighted by molar-refractivity contribution is -0.138. The number of benzene rings is 1. The molecule has 4 nitrogen and oxygen atoms in total. The Kier molecular flexibility index (Phi) is 5.57. The zero-order valence-electron chi connectivity index (χ0n) is 12.3. The van der Waals surface area contributed by atoms with Crippen molar-refractivity contribution in [2.75, 3.05) is 11.9 Å². The molecule has 1 rings (SSSR count). The third-order valence-corrected chi connectivity index (χ3v) is 3.12. The minimum atomic E-state index is -1.14. The third-order valence-electron chi connectivity index (χ3n) is 2.89. The van der Waals surface area contributed by atoms with E-state index in [9.17, 15) is 9.59 Å². The molecule has 1 aromatic carbocycles. The van der Waals surface area contributed by atoms with Gasteiger partial charge in [-0.15, -0.1) is 0 Å². The second-order valence-corrected chi connectivity index (χ2v) is 6.13. The number of amides is 2. The number of hydrogen-bond donors (Lipinski definition) is 2. The summed E-state index contributed by atoms with van der Waals surface area (Å²) in [6.45, 7) is 7.75. The van der Waals surface area contributed by atoms with E-state index in [1.165, 1.54) is 0 Å². The predicted molar refractivity (Wildman–Crippen MR) is 81.7 cm³/mol. The van der Waals surface area contributed by atoms with Gasteiger partial charge in [0.15, 0.2) is 0 Å². The molecule has 0 saturated carbocycles. The molecule has 5 heteroatoms. The molecule has 0 unspecified atom stereocenters. The molecule has 0 aliphatic carbocycles. The number of rotatable bonds is 5. The zero-order chi connectivity index (χ0) is 15.3. The van der Waals surface area contributed by atoms with Gasteiger partial charge < -0.3 is 10.6 Å². The van der Waals surface area contributed by atoms with Crippen molar-refractivity contribution < 1.29 is 9.59 Å². The van der Waals surface area contributed by atoms with Crippen LogP contribution in [0.15, 0.2) is 24.3 Å². The van der Waals surface area contributed by atoms with Crippen molar-refractivity contribution in [1.29, 1.82) is 0 Å². The van der Waals surface area contributed by atoms with Crippen LogP contribution >= 0.6 is 11.6 Å². The maximum Gasteiger partial charge on any atom is 0.239 e. The summed E-state index contributed by atoms with van der Waals surface area (Å²) in [4.78, 5) is 24.3. The van der Waals surface area contributed by atoms with Crippen LogP contribution < -0.4 is 10.6 Å². The molecule has 0 fully saturated rings. The first-order chi connectivity index (χ1) is 9.23. The Bertz CT molecular complexity index is 498. The maximum atomic E-state index is 12.2. The molecule has 0 spiro atoms. The van der Waals surface area contributed by atoms with Crippen molar-refractivity contribution in [3.63, 3.8) is 0 Å². The summed E-state index contributed by atoms with van der Waals surface area (Å²) >= 11 is 5.86. The Labute approximate surface area is 124 Å². The molecule has 110 valence electrons. The van der Waals surface area contributed by atoms with Crippen LogP contribution in [0.5, 0.6) is 0 Å². The van der Waals surface area contributed by atoms with Gasteiger partial charge in [-0.05, 0) is 38.0 Å². The lowest BCUT2D eigenvalue weighted by Crippen LogP contribution is -2.46. The molecule has 0 bridgehead atoms. The van der Waals surface area contributed by atoms with Gasteiger partial charge in [-0.2, -0.15) is 0 Å². The molecule has 0 heterocycles. The average Bonchev–Trinajstić information content (AvgIpc) is 2.35. The predicted octanol–water partition coefficient (Wildman–Crippen LogP) is 3.08. The van der Waals surface area contributed by atoms with E-state index in [0.29, 0.717) is 23.2 Å². The van der Waals surface area contributed by atoms with E-state index in [-0.39, 0.29) is 11.8 Å². The van der Waals surface area contributed by atoms with Gasteiger partial charge in [0.2, 0.25) is 11.8 Å². The Balaban J connectivity index is 2.71. The normalized spacial score (nSPS) is 11.3. The first-order valence-electron chi connectivity index (χ1n) is 6.59. The lowest BCUT2D eigenvalue weighted by Gasteiger charge is -2.23. The highest BCUT2D eigenvalue weighted by molar-refractivity contribution is 6.31. The number of hydrogen-bond acceptors (Lipinski definition) is 2. The van der Waals surface area contributed by atoms with Crippen molar-refractivity contribution in [1.82, 2.24) is 5.32 Å². The van der Waals surface area contributed by atoms with E-state index < -0.39 is 5.41 Å². The number of carbonyl (C=O) groups excluding carboxylic acids is 2. The molecule has 20 heavy (non-hydrogen) atoms. The minimum absolute atomic E-state index is 0.286. The van der Waals surface area contributed by atoms with Gasteiger partial charge >= 0.3 is 0 Å². The monoisotopic (exact) mass is 296 g/mol. The van der Waals surface area contributed by atoms with Crippen LogP contribution in [-0.2, 0) is 9.59 Å². The van der Waals surface area contributed by atoms with Crippen LogP contribution in [0.3, 0.4) is 0 Å². The lowest BCUT2D eigenvalue weighted by atomic mass is 9.90. The van der Waals surface area contributed by atoms with Gasteiger partial charge in [-0.3, -0.25) is 9.59 Å². The standard InChI is InChI=1S/C15H21ClN2O2/c1-10(2)9-17-13(19)15(3,4)14(20)18-12-7-5-6-11(16)8-12/h5-8,10H,9H2,1-4H3,(H,17,19)(H,18,20). The van der Waals surface area contributed by atoms with Gasteiger partial charge in [-0.25, -0.2) is 0 Å². The highest BCUT2D eigenvalue weighted by Gasteiger charge is 2.35. The maximum absolute atomic E-state index is 12.2. The largest absolute Gasteiger partial charge is 0.355 e. The summed E-state index contributed by atoms with van der Waals surface area (Å²) in [6.07, 6.45) is 0. The molecule has 2 N–H and O–H groups in total. The topological polar surface area (TPSA) is 58.2 Å². The fourth-order valence-electron chi connectivity index (χ4n) is 1.47. The van der Waals surface area contributed by atoms with Gasteiger partial charge in [0.25, 0.3) is 0 Å². The average molecular weight is 297 g/mol. The molecule has 2 amide bonds. The Morgan fingerprint density at radius 3 is 2.45 bits per heavy atom. The molecular formula is C15H21ClN2O2. The Hall–Kier alpha value is -1.55. The van der Waals surface area contributed by atoms with Crippen LogP contribution in [0.4, 0.5) is 5.69 Å². The quantitative estimate of drug-likeness (QED) is 0.820. The molecule has 0 aliphatic heterocycles. The first kappa shape index (κ1) is 16.5. The van der Waals surface area contributed by atoms with Crippen molar-refractivity contribution in [3.8, 4) is 0 Å². The van der Waals surface area contributed by atoms with Gasteiger partial charge in [0.1, 0.15) is 5.41 Å². The number of anilines is 1. The van der Waals surface area contributed by atoms with Crippen molar-refractivity contribution >= 4 is 29.1 Å². The summed E-state index contributed by atoms with van der Waals surface area (Å²) in [6, 6.07) is 6.83. The van der Waals surface area contributed by atoms with Crippen LogP contribution in [0.2, 0.25) is 5.02 Å². The molecule has 1 aromatic rings. The van der Waals surface area contributed by atoms with Crippen molar-refractivity contribution in [2.24, 2.45) is 11.3 Å². The Morgan fingerprint density at radius 1 is 1.25 bits per heavy atom. The molecule has 0 saturated heterocycles. The fraction of sp³-hybridized carbons (Fsp3) is 0.467. The molecule has 0 aliphatic rings. The fourth-order valence-corrected chi connectivity index (χ4v) is 1.66. The second-order valence-electron chi connectivity index (χ2n) is 5.69. The summed E-state index contributed by atoms with van der Waals surface area (Å²) in [5.74, 6) is -0.308. The smallest absolute Gasteiger partial charge is 0.239 e. The Morgan fingerprint density at radius 2 is 1.90 bits per heavy atom. The van der Waals surface area contributed by atoms with E-state index in [1.807, 2.05) is 13.8 Å². The van der Waals surface area contributed by atoms with Gasteiger partial charge in [0, 0.05) is 17.3 Å². The van der Waals surface area contributed by atoms with Crippen LogP contribution in [0.1, 0.15) is 27.7 Å². The van der Waals surface area contributed by atoms with Crippen LogP contribution in [-0.4, -0.2) is 18.4 Å². The number of nitrogens with one attached hydrogen (secondary N) is 2. The molecule has 0 radical (unpaired) electrons. The van der Waals surface area contributed by atoms with Crippen LogP contribution in [0, 0.1) is 11.3 Å². The highest BCUT2D eigenvalue weighted by atomic mass is 35.5. The summed E-state index contributed by atoms with van der Waals surface area (Å²) < 4.78 is 0. The molecule has 0 atom stereocenters. The van der Waals surface area contributed by atoms with Crippen LogP contribution in [0.25, 0.3) is 0 Å². The first-order valence-corrected chi connectivity index (χ1v) is 6.96. The highest BCUT2D eigenvalue weighted by Crippen LogP contribution is 2.21. The van der Waals surface area contributed by atoms with E-state index in [1.54, 1.807) is 38.1 Å². The van der Waals surface area contributed by atoms with Crippen molar-refractivity contribution in [2.45, 2.75) is 27.7 Å². The number of carbonyl (C=O) groups is 2. The summed E-state index contributed by atoms with van der Waals surface area (Å²) in [7, 11) is 0. The molecule has 0 aromatic heterocycles. The second kappa shape index (κ2) is 6.75. The van der Waals surface area contributed by atoms with Crippen molar-refractivity contribution in [3.05, 3.63) is 29.3 Å². The van der Waals surface area contributed by atoms with Gasteiger partial charge in [-0.1, -0.05) is 31.5 Å². The van der Waals surface area contributed by atoms with E-state index in [2.05, 4.69) is 10.6 Å². The minimum Gasteiger partial charge on any atom is -0.355 e. The van der Waals surface area contributed by atoms with Gasteiger partial charge in [0.05, 0.1) is 0 Å². The third kappa shape index (κ3) is 4.53. The number of halogens is 1.